The van der Waals surface area contributed by atoms with E-state index in [2.05, 4.69) is 48.6 Å². The molecule has 0 aromatic carbocycles. The monoisotopic (exact) mass is 293 g/mol. The smallest absolute Gasteiger partial charge is 0.0584 e. The number of alkyl halides is 1. The molecule has 0 bridgehead atoms. The Bertz CT molecular complexity index is 169. The molecule has 0 aliphatic carbocycles. The number of likely N-dealkylation sites (N-methyl/N-ethyl adjacent to an activating group) is 1. The molecule has 16 heavy (non-hydrogen) atoms. The third kappa shape index (κ3) is 5.15. The van der Waals surface area contributed by atoms with E-state index >= 15 is 0 Å². The molecule has 98 valence electrons. The zero-order valence-electron chi connectivity index (χ0n) is 11.3. The highest BCUT2D eigenvalue weighted by molar-refractivity contribution is 9.09. The summed E-state index contributed by atoms with van der Waals surface area (Å²) in [5, 5.41) is 10.2. The zero-order valence-corrected chi connectivity index (χ0v) is 12.9. The summed E-state index contributed by atoms with van der Waals surface area (Å²) in [6, 6.07) is 0.257. The van der Waals surface area contributed by atoms with Crippen LogP contribution in [0, 0.1) is 5.41 Å². The number of nitrogens with zero attached hydrogens (tertiary/aromatic N) is 1. The highest BCUT2D eigenvalue weighted by Gasteiger charge is 2.29. The van der Waals surface area contributed by atoms with E-state index in [1.807, 2.05) is 0 Å². The Hall–Kier alpha value is 0.400. The van der Waals surface area contributed by atoms with Crippen LogP contribution < -0.4 is 0 Å². The molecule has 0 aliphatic heterocycles. The van der Waals surface area contributed by atoms with Crippen molar-refractivity contribution in [2.45, 2.75) is 52.5 Å². The first kappa shape index (κ1) is 16.4. The summed E-state index contributed by atoms with van der Waals surface area (Å²) < 4.78 is 0. The van der Waals surface area contributed by atoms with E-state index in [4.69, 9.17) is 0 Å². The lowest BCUT2D eigenvalue weighted by Gasteiger charge is -2.37. The maximum Gasteiger partial charge on any atom is 0.0584 e. The van der Waals surface area contributed by atoms with Crippen LogP contribution in [0.3, 0.4) is 0 Å². The summed E-state index contributed by atoms with van der Waals surface area (Å²) in [5.41, 5.74) is 0.377. The average molecular weight is 294 g/mol. The lowest BCUT2D eigenvalue weighted by molar-refractivity contribution is 0.103. The minimum atomic E-state index is 0.243. The SMILES string of the molecule is CCCC(CBr)(CCC)CN(C)C(C)CO. The third-order valence-electron chi connectivity index (χ3n) is 3.45. The van der Waals surface area contributed by atoms with Crippen molar-refractivity contribution in [2.24, 2.45) is 5.41 Å². The number of rotatable bonds is 9. The van der Waals surface area contributed by atoms with Crippen LogP contribution in [0.2, 0.25) is 0 Å². The second kappa shape index (κ2) is 8.48. The van der Waals surface area contributed by atoms with Gasteiger partial charge in [0.1, 0.15) is 0 Å². The standard InChI is InChI=1S/C13H28BrNO/c1-5-7-13(10-14,8-6-2)11-15(4)12(3)9-16/h12,16H,5-11H2,1-4H3. The van der Waals surface area contributed by atoms with Crippen LogP contribution >= 0.6 is 15.9 Å². The van der Waals surface area contributed by atoms with Gasteiger partial charge in [0.05, 0.1) is 6.61 Å². The molecule has 0 aliphatic rings. The van der Waals surface area contributed by atoms with Crippen molar-refractivity contribution < 1.29 is 5.11 Å². The molecule has 1 atom stereocenters. The van der Waals surface area contributed by atoms with Crippen LogP contribution in [-0.4, -0.2) is 41.6 Å². The summed E-state index contributed by atoms with van der Waals surface area (Å²) in [6.45, 7) is 7.90. The molecule has 1 N–H and O–H groups in total. The second-order valence-electron chi connectivity index (χ2n) is 5.08. The predicted octanol–water partition coefficient (Wildman–Crippen LogP) is 3.28. The van der Waals surface area contributed by atoms with Gasteiger partial charge in [0.25, 0.3) is 0 Å². The topological polar surface area (TPSA) is 23.5 Å². The maximum atomic E-state index is 9.18. The Kier molecular flexibility index (Phi) is 8.70. The molecule has 3 heteroatoms. The Balaban J connectivity index is 4.49. The van der Waals surface area contributed by atoms with Gasteiger partial charge in [0.15, 0.2) is 0 Å². The molecule has 0 rings (SSSR count). The molecule has 0 radical (unpaired) electrons. The van der Waals surface area contributed by atoms with Gasteiger partial charge in [0, 0.05) is 17.9 Å². The Morgan fingerprint density at radius 1 is 1.25 bits per heavy atom. The Morgan fingerprint density at radius 3 is 2.06 bits per heavy atom. The van der Waals surface area contributed by atoms with Crippen molar-refractivity contribution in [3.63, 3.8) is 0 Å². The number of halogens is 1. The highest BCUT2D eigenvalue weighted by atomic mass is 79.9. The molecule has 0 spiro atoms. The fourth-order valence-corrected chi connectivity index (χ4v) is 3.08. The normalized spacial score (nSPS) is 14.4. The summed E-state index contributed by atoms with van der Waals surface area (Å²) in [4.78, 5) is 2.28. The van der Waals surface area contributed by atoms with Crippen molar-refractivity contribution in [3.8, 4) is 0 Å². The number of hydrogen-bond donors (Lipinski definition) is 1. The summed E-state index contributed by atoms with van der Waals surface area (Å²) in [5.74, 6) is 0. The van der Waals surface area contributed by atoms with E-state index in [0.717, 1.165) is 11.9 Å². The number of aliphatic hydroxyl groups is 1. The Morgan fingerprint density at radius 2 is 1.75 bits per heavy atom. The first-order valence-corrected chi connectivity index (χ1v) is 7.54. The molecular weight excluding hydrogens is 266 g/mol. The molecule has 0 fully saturated rings. The van der Waals surface area contributed by atoms with Crippen LogP contribution in [0.1, 0.15) is 46.5 Å². The predicted molar refractivity (Wildman–Crippen MR) is 75.2 cm³/mol. The maximum absolute atomic E-state index is 9.18. The quantitative estimate of drug-likeness (QED) is 0.660. The molecular formula is C13H28BrNO. The molecule has 0 amide bonds. The first-order chi connectivity index (χ1) is 7.55. The van der Waals surface area contributed by atoms with Gasteiger partial charge >= 0.3 is 0 Å². The van der Waals surface area contributed by atoms with E-state index in [9.17, 15) is 5.11 Å². The fourth-order valence-electron chi connectivity index (χ4n) is 2.34. The molecule has 0 saturated carbocycles. The molecule has 0 aromatic rings. The van der Waals surface area contributed by atoms with Gasteiger partial charge in [-0.1, -0.05) is 42.6 Å². The third-order valence-corrected chi connectivity index (χ3v) is 4.64. The van der Waals surface area contributed by atoms with Gasteiger partial charge in [-0.2, -0.15) is 0 Å². The summed E-state index contributed by atoms with van der Waals surface area (Å²) in [7, 11) is 2.11. The molecule has 1 unspecified atom stereocenters. The minimum Gasteiger partial charge on any atom is -0.395 e. The van der Waals surface area contributed by atoms with E-state index < -0.39 is 0 Å². The van der Waals surface area contributed by atoms with Gasteiger partial charge in [-0.05, 0) is 32.2 Å². The largest absolute Gasteiger partial charge is 0.395 e. The van der Waals surface area contributed by atoms with E-state index in [0.29, 0.717) is 5.41 Å². The lowest BCUT2D eigenvalue weighted by atomic mass is 9.80. The first-order valence-electron chi connectivity index (χ1n) is 6.42. The second-order valence-corrected chi connectivity index (χ2v) is 5.64. The summed E-state index contributed by atoms with van der Waals surface area (Å²) in [6.07, 6.45) is 4.98. The lowest BCUT2D eigenvalue weighted by Crippen LogP contribution is -2.42. The number of hydrogen-bond acceptors (Lipinski definition) is 2. The van der Waals surface area contributed by atoms with Crippen LogP contribution in [0.15, 0.2) is 0 Å². The molecule has 0 aromatic heterocycles. The zero-order chi connectivity index (χ0) is 12.6. The van der Waals surface area contributed by atoms with Crippen molar-refractivity contribution in [1.82, 2.24) is 4.90 Å². The van der Waals surface area contributed by atoms with Gasteiger partial charge in [-0.3, -0.25) is 0 Å². The van der Waals surface area contributed by atoms with E-state index in [1.54, 1.807) is 0 Å². The van der Waals surface area contributed by atoms with Gasteiger partial charge in [-0.25, -0.2) is 0 Å². The van der Waals surface area contributed by atoms with Crippen molar-refractivity contribution >= 4 is 15.9 Å². The van der Waals surface area contributed by atoms with Gasteiger partial charge in [0.2, 0.25) is 0 Å². The van der Waals surface area contributed by atoms with Crippen LogP contribution in [0.4, 0.5) is 0 Å². The Labute approximate surface area is 110 Å². The number of aliphatic hydroxyl groups excluding tert-OH is 1. The van der Waals surface area contributed by atoms with Gasteiger partial charge in [-0.15, -0.1) is 0 Å². The van der Waals surface area contributed by atoms with E-state index in [-0.39, 0.29) is 12.6 Å². The highest BCUT2D eigenvalue weighted by Crippen LogP contribution is 2.33. The summed E-state index contributed by atoms with van der Waals surface area (Å²) >= 11 is 3.69. The molecule has 0 heterocycles. The average Bonchev–Trinajstić information content (AvgIpc) is 2.28. The van der Waals surface area contributed by atoms with Crippen molar-refractivity contribution in [3.05, 3.63) is 0 Å². The van der Waals surface area contributed by atoms with E-state index in [1.165, 1.54) is 25.7 Å². The molecule has 2 nitrogen and oxygen atoms in total. The van der Waals surface area contributed by atoms with Crippen molar-refractivity contribution in [1.29, 1.82) is 0 Å². The van der Waals surface area contributed by atoms with Crippen LogP contribution in [0.25, 0.3) is 0 Å². The van der Waals surface area contributed by atoms with Gasteiger partial charge < -0.3 is 10.0 Å². The van der Waals surface area contributed by atoms with Crippen LogP contribution in [-0.2, 0) is 0 Å². The molecule has 0 saturated heterocycles. The van der Waals surface area contributed by atoms with Crippen molar-refractivity contribution in [2.75, 3.05) is 25.5 Å². The fraction of sp³-hybridized carbons (Fsp3) is 1.00. The minimum absolute atomic E-state index is 0.243. The van der Waals surface area contributed by atoms with Crippen LogP contribution in [0.5, 0.6) is 0 Å².